The van der Waals surface area contributed by atoms with Crippen LogP contribution in [0.1, 0.15) is 0 Å². The van der Waals surface area contributed by atoms with E-state index in [-0.39, 0.29) is 13.1 Å². The van der Waals surface area contributed by atoms with Crippen LogP contribution in [-0.2, 0) is 4.74 Å². The lowest BCUT2D eigenvalue weighted by Gasteiger charge is -2.33. The SMILES string of the molecule is COC(=O)N1CCN(C(=O)O)c2ccccc21. The molecular formula is C11H12N2O4. The van der Waals surface area contributed by atoms with Crippen LogP contribution in [0.15, 0.2) is 24.3 Å². The summed E-state index contributed by atoms with van der Waals surface area (Å²) >= 11 is 0. The number of rotatable bonds is 0. The molecule has 0 aromatic heterocycles. The zero-order chi connectivity index (χ0) is 12.4. The van der Waals surface area contributed by atoms with Gasteiger partial charge in [0.2, 0.25) is 0 Å². The summed E-state index contributed by atoms with van der Waals surface area (Å²) in [4.78, 5) is 25.2. The van der Waals surface area contributed by atoms with Crippen LogP contribution >= 0.6 is 0 Å². The number of carbonyl (C=O) groups excluding carboxylic acids is 1. The van der Waals surface area contributed by atoms with Gasteiger partial charge in [-0.3, -0.25) is 9.80 Å². The summed E-state index contributed by atoms with van der Waals surface area (Å²) in [5.41, 5.74) is 1.05. The highest BCUT2D eigenvalue weighted by atomic mass is 16.5. The molecule has 0 aliphatic carbocycles. The standard InChI is InChI=1S/C11H12N2O4/c1-17-11(16)13-7-6-12(10(14)15)8-4-2-3-5-9(8)13/h2-5H,6-7H2,1H3,(H,14,15). The number of para-hydroxylation sites is 2. The molecule has 0 saturated heterocycles. The van der Waals surface area contributed by atoms with E-state index in [0.717, 1.165) is 0 Å². The van der Waals surface area contributed by atoms with Gasteiger partial charge in [-0.15, -0.1) is 0 Å². The molecule has 0 radical (unpaired) electrons. The molecule has 0 spiro atoms. The van der Waals surface area contributed by atoms with Gasteiger partial charge in [0.25, 0.3) is 0 Å². The first-order valence-electron chi connectivity index (χ1n) is 5.10. The zero-order valence-corrected chi connectivity index (χ0v) is 9.29. The Hall–Kier alpha value is -2.24. The number of anilines is 2. The fraction of sp³-hybridized carbons (Fsp3) is 0.273. The van der Waals surface area contributed by atoms with Gasteiger partial charge in [0.1, 0.15) is 0 Å². The van der Waals surface area contributed by atoms with E-state index in [2.05, 4.69) is 4.74 Å². The van der Waals surface area contributed by atoms with Crippen molar-refractivity contribution in [1.29, 1.82) is 0 Å². The average molecular weight is 236 g/mol. The van der Waals surface area contributed by atoms with Crippen molar-refractivity contribution in [2.75, 3.05) is 30.0 Å². The summed E-state index contributed by atoms with van der Waals surface area (Å²) in [5, 5.41) is 9.06. The van der Waals surface area contributed by atoms with Gasteiger partial charge in [0.05, 0.1) is 18.5 Å². The molecule has 1 N–H and O–H groups in total. The average Bonchev–Trinajstić information content (AvgIpc) is 2.36. The van der Waals surface area contributed by atoms with E-state index in [4.69, 9.17) is 5.11 Å². The van der Waals surface area contributed by atoms with Gasteiger partial charge in [-0.2, -0.15) is 0 Å². The molecule has 0 bridgehead atoms. The zero-order valence-electron chi connectivity index (χ0n) is 9.29. The van der Waals surface area contributed by atoms with Gasteiger partial charge in [0, 0.05) is 13.1 Å². The van der Waals surface area contributed by atoms with Crippen molar-refractivity contribution in [3.8, 4) is 0 Å². The predicted molar refractivity (Wildman–Crippen MR) is 61.6 cm³/mol. The van der Waals surface area contributed by atoms with E-state index in [1.165, 1.54) is 16.9 Å². The van der Waals surface area contributed by atoms with E-state index in [1.807, 2.05) is 0 Å². The number of benzene rings is 1. The molecule has 2 rings (SSSR count). The van der Waals surface area contributed by atoms with Crippen LogP contribution in [0, 0.1) is 0 Å². The number of ether oxygens (including phenoxy) is 1. The fourth-order valence-electron chi connectivity index (χ4n) is 1.86. The van der Waals surface area contributed by atoms with E-state index < -0.39 is 12.2 Å². The molecule has 1 aliphatic rings. The first kappa shape index (κ1) is 11.3. The van der Waals surface area contributed by atoms with Gasteiger partial charge in [-0.1, -0.05) is 12.1 Å². The lowest BCUT2D eigenvalue weighted by molar-refractivity contribution is 0.177. The fourth-order valence-corrected chi connectivity index (χ4v) is 1.86. The summed E-state index contributed by atoms with van der Waals surface area (Å²) in [6, 6.07) is 6.84. The maximum atomic E-state index is 11.5. The van der Waals surface area contributed by atoms with E-state index in [0.29, 0.717) is 11.4 Å². The number of hydrogen-bond acceptors (Lipinski definition) is 3. The highest BCUT2D eigenvalue weighted by Crippen LogP contribution is 2.32. The Morgan fingerprint density at radius 1 is 1.18 bits per heavy atom. The highest BCUT2D eigenvalue weighted by Gasteiger charge is 2.29. The Bertz CT molecular complexity index is 461. The van der Waals surface area contributed by atoms with Crippen LogP contribution in [0.4, 0.5) is 21.0 Å². The topological polar surface area (TPSA) is 70.1 Å². The molecular weight excluding hydrogens is 224 g/mol. The van der Waals surface area contributed by atoms with Crippen molar-refractivity contribution >= 4 is 23.6 Å². The van der Waals surface area contributed by atoms with Gasteiger partial charge in [-0.25, -0.2) is 9.59 Å². The molecule has 2 amide bonds. The minimum absolute atomic E-state index is 0.238. The van der Waals surface area contributed by atoms with E-state index in [1.54, 1.807) is 24.3 Å². The number of methoxy groups -OCH3 is 1. The summed E-state index contributed by atoms with van der Waals surface area (Å²) in [5.74, 6) is 0. The van der Waals surface area contributed by atoms with Crippen LogP contribution in [0.5, 0.6) is 0 Å². The molecule has 17 heavy (non-hydrogen) atoms. The summed E-state index contributed by atoms with van der Waals surface area (Å²) < 4.78 is 4.66. The Morgan fingerprint density at radius 3 is 2.24 bits per heavy atom. The largest absolute Gasteiger partial charge is 0.465 e. The lowest BCUT2D eigenvalue weighted by atomic mass is 10.2. The summed E-state index contributed by atoms with van der Waals surface area (Å²) in [6.07, 6.45) is -1.51. The third-order valence-corrected chi connectivity index (χ3v) is 2.64. The Morgan fingerprint density at radius 2 is 1.71 bits per heavy atom. The molecule has 90 valence electrons. The first-order valence-corrected chi connectivity index (χ1v) is 5.10. The van der Waals surface area contributed by atoms with Gasteiger partial charge in [0.15, 0.2) is 0 Å². The Kier molecular flexibility index (Phi) is 2.86. The van der Waals surface area contributed by atoms with Gasteiger partial charge in [-0.05, 0) is 12.1 Å². The van der Waals surface area contributed by atoms with Crippen LogP contribution in [0.2, 0.25) is 0 Å². The van der Waals surface area contributed by atoms with Crippen molar-refractivity contribution in [2.24, 2.45) is 0 Å². The minimum atomic E-state index is -1.03. The van der Waals surface area contributed by atoms with Crippen LogP contribution in [0.3, 0.4) is 0 Å². The molecule has 1 aromatic carbocycles. The molecule has 1 aromatic rings. The van der Waals surface area contributed by atoms with Crippen molar-refractivity contribution in [2.45, 2.75) is 0 Å². The summed E-state index contributed by atoms with van der Waals surface area (Å²) in [7, 11) is 1.30. The second kappa shape index (κ2) is 4.32. The van der Waals surface area contributed by atoms with Gasteiger partial charge < -0.3 is 9.84 Å². The van der Waals surface area contributed by atoms with Crippen LogP contribution in [0.25, 0.3) is 0 Å². The Labute approximate surface area is 98.0 Å². The second-order valence-corrected chi connectivity index (χ2v) is 3.54. The molecule has 0 saturated carbocycles. The second-order valence-electron chi connectivity index (χ2n) is 3.54. The summed E-state index contributed by atoms with van der Waals surface area (Å²) in [6.45, 7) is 0.525. The Balaban J connectivity index is 2.43. The maximum Gasteiger partial charge on any atom is 0.414 e. The molecule has 0 fully saturated rings. The first-order chi connectivity index (χ1) is 8.15. The van der Waals surface area contributed by atoms with Gasteiger partial charge >= 0.3 is 12.2 Å². The molecule has 0 unspecified atom stereocenters. The van der Waals surface area contributed by atoms with E-state index in [9.17, 15) is 9.59 Å². The number of carbonyl (C=O) groups is 2. The number of amides is 2. The number of carboxylic acid groups (broad SMARTS) is 1. The number of fused-ring (bicyclic) bond motifs is 1. The smallest absolute Gasteiger partial charge is 0.414 e. The molecule has 1 heterocycles. The van der Waals surface area contributed by atoms with Crippen molar-refractivity contribution < 1.29 is 19.4 Å². The molecule has 1 aliphatic heterocycles. The van der Waals surface area contributed by atoms with Crippen molar-refractivity contribution in [1.82, 2.24) is 0 Å². The quantitative estimate of drug-likeness (QED) is 0.745. The third-order valence-electron chi connectivity index (χ3n) is 2.64. The molecule has 6 heteroatoms. The molecule has 6 nitrogen and oxygen atoms in total. The monoisotopic (exact) mass is 236 g/mol. The van der Waals surface area contributed by atoms with Crippen LogP contribution < -0.4 is 9.80 Å². The maximum absolute atomic E-state index is 11.5. The number of nitrogens with zero attached hydrogens (tertiary/aromatic N) is 2. The van der Waals surface area contributed by atoms with E-state index >= 15 is 0 Å². The van der Waals surface area contributed by atoms with Crippen molar-refractivity contribution in [3.63, 3.8) is 0 Å². The predicted octanol–water partition coefficient (Wildman–Crippen LogP) is 1.76. The highest BCUT2D eigenvalue weighted by molar-refractivity contribution is 5.99. The minimum Gasteiger partial charge on any atom is -0.465 e. The normalized spacial score (nSPS) is 14.2. The lowest BCUT2D eigenvalue weighted by Crippen LogP contribution is -2.46. The van der Waals surface area contributed by atoms with Crippen LogP contribution in [-0.4, -0.2) is 37.5 Å². The molecule has 0 atom stereocenters. The number of hydrogen-bond donors (Lipinski definition) is 1. The van der Waals surface area contributed by atoms with Crippen molar-refractivity contribution in [3.05, 3.63) is 24.3 Å². The third kappa shape index (κ3) is 1.89.